The summed E-state index contributed by atoms with van der Waals surface area (Å²) in [5, 5.41) is 3.31. The highest BCUT2D eigenvalue weighted by Crippen LogP contribution is 2.02. The topological polar surface area (TPSA) is 47.6 Å². The minimum absolute atomic E-state index is 0.0368. The standard InChI is InChI=1S/C10H21NO3/c1-10(2,8-13-3)11-7-5-6-9(12)14-4/h11H,5-8H2,1-4H3. The summed E-state index contributed by atoms with van der Waals surface area (Å²) < 4.78 is 9.59. The van der Waals surface area contributed by atoms with Gasteiger partial charge in [-0.25, -0.2) is 0 Å². The van der Waals surface area contributed by atoms with E-state index in [9.17, 15) is 4.79 Å². The first kappa shape index (κ1) is 13.4. The van der Waals surface area contributed by atoms with Crippen LogP contribution in [0.15, 0.2) is 0 Å². The van der Waals surface area contributed by atoms with E-state index in [0.717, 1.165) is 13.0 Å². The summed E-state index contributed by atoms with van der Waals surface area (Å²) in [5.74, 6) is -0.156. The van der Waals surface area contributed by atoms with Gasteiger partial charge in [-0.1, -0.05) is 0 Å². The molecule has 0 heterocycles. The lowest BCUT2D eigenvalue weighted by Crippen LogP contribution is -2.43. The SMILES string of the molecule is COCC(C)(C)NCCCC(=O)OC. The zero-order valence-electron chi connectivity index (χ0n) is 9.55. The van der Waals surface area contributed by atoms with Crippen LogP contribution in [0.25, 0.3) is 0 Å². The van der Waals surface area contributed by atoms with Crippen LogP contribution in [-0.4, -0.2) is 38.9 Å². The summed E-state index contributed by atoms with van der Waals surface area (Å²) in [4.78, 5) is 10.8. The Bertz CT molecular complexity index is 169. The highest BCUT2D eigenvalue weighted by molar-refractivity contribution is 5.69. The number of carbonyl (C=O) groups is 1. The van der Waals surface area contributed by atoms with Gasteiger partial charge in [-0.3, -0.25) is 4.79 Å². The first-order chi connectivity index (χ1) is 6.52. The molecule has 0 spiro atoms. The van der Waals surface area contributed by atoms with Gasteiger partial charge in [-0.05, 0) is 26.8 Å². The number of hydrogen-bond donors (Lipinski definition) is 1. The summed E-state index contributed by atoms with van der Waals surface area (Å²) in [6.07, 6.45) is 1.26. The molecule has 0 radical (unpaired) electrons. The van der Waals surface area contributed by atoms with E-state index in [1.54, 1.807) is 7.11 Å². The van der Waals surface area contributed by atoms with Crippen LogP contribution < -0.4 is 5.32 Å². The van der Waals surface area contributed by atoms with Crippen molar-refractivity contribution in [3.8, 4) is 0 Å². The molecule has 0 aromatic rings. The van der Waals surface area contributed by atoms with Gasteiger partial charge >= 0.3 is 5.97 Å². The second-order valence-corrected chi connectivity index (χ2v) is 3.92. The maximum atomic E-state index is 10.8. The fraction of sp³-hybridized carbons (Fsp3) is 0.900. The van der Waals surface area contributed by atoms with Gasteiger partial charge in [0, 0.05) is 19.1 Å². The zero-order chi connectivity index (χ0) is 11.0. The maximum absolute atomic E-state index is 10.8. The molecule has 0 aromatic heterocycles. The third kappa shape index (κ3) is 6.86. The normalized spacial score (nSPS) is 11.4. The Morgan fingerprint density at radius 2 is 2.00 bits per heavy atom. The maximum Gasteiger partial charge on any atom is 0.305 e. The molecular weight excluding hydrogens is 182 g/mol. The van der Waals surface area contributed by atoms with Crippen LogP contribution in [0.3, 0.4) is 0 Å². The van der Waals surface area contributed by atoms with Crippen molar-refractivity contribution in [1.29, 1.82) is 0 Å². The van der Waals surface area contributed by atoms with Gasteiger partial charge in [0.1, 0.15) is 0 Å². The molecule has 0 aromatic carbocycles. The summed E-state index contributed by atoms with van der Waals surface area (Å²) in [5.41, 5.74) is -0.0368. The number of ether oxygens (including phenoxy) is 2. The Labute approximate surface area is 86.0 Å². The van der Waals surface area contributed by atoms with E-state index in [2.05, 4.69) is 23.9 Å². The van der Waals surface area contributed by atoms with Crippen molar-refractivity contribution in [3.63, 3.8) is 0 Å². The lowest BCUT2D eigenvalue weighted by molar-refractivity contribution is -0.140. The molecular formula is C10H21NO3. The molecule has 0 atom stereocenters. The average molecular weight is 203 g/mol. The average Bonchev–Trinajstić information content (AvgIpc) is 2.12. The van der Waals surface area contributed by atoms with Gasteiger partial charge in [0.2, 0.25) is 0 Å². The summed E-state index contributed by atoms with van der Waals surface area (Å²) >= 11 is 0. The quantitative estimate of drug-likeness (QED) is 0.494. The molecule has 0 amide bonds. The van der Waals surface area contributed by atoms with Gasteiger partial charge in [-0.15, -0.1) is 0 Å². The lowest BCUT2D eigenvalue weighted by Gasteiger charge is -2.25. The van der Waals surface area contributed by atoms with Gasteiger partial charge in [0.05, 0.1) is 13.7 Å². The van der Waals surface area contributed by atoms with E-state index in [4.69, 9.17) is 4.74 Å². The molecule has 84 valence electrons. The number of rotatable bonds is 7. The Balaban J connectivity index is 3.48. The molecule has 0 aliphatic carbocycles. The van der Waals surface area contributed by atoms with E-state index >= 15 is 0 Å². The third-order valence-corrected chi connectivity index (χ3v) is 1.89. The molecule has 0 aliphatic rings. The predicted molar refractivity (Wildman–Crippen MR) is 55.2 cm³/mol. The second-order valence-electron chi connectivity index (χ2n) is 3.92. The Hall–Kier alpha value is -0.610. The van der Waals surface area contributed by atoms with E-state index in [-0.39, 0.29) is 11.5 Å². The zero-order valence-corrected chi connectivity index (χ0v) is 9.55. The first-order valence-electron chi connectivity index (χ1n) is 4.82. The summed E-state index contributed by atoms with van der Waals surface area (Å²) in [6.45, 7) is 5.58. The fourth-order valence-electron chi connectivity index (χ4n) is 1.17. The molecule has 0 saturated heterocycles. The second kappa shape index (κ2) is 6.79. The highest BCUT2D eigenvalue weighted by atomic mass is 16.5. The fourth-order valence-corrected chi connectivity index (χ4v) is 1.17. The van der Waals surface area contributed by atoms with Crippen LogP contribution in [0, 0.1) is 0 Å². The van der Waals surface area contributed by atoms with Crippen molar-refractivity contribution >= 4 is 5.97 Å². The van der Waals surface area contributed by atoms with Gasteiger partial charge < -0.3 is 14.8 Å². The van der Waals surface area contributed by atoms with Gasteiger partial charge in [-0.2, -0.15) is 0 Å². The number of methoxy groups -OCH3 is 2. The van der Waals surface area contributed by atoms with Crippen molar-refractivity contribution in [2.24, 2.45) is 0 Å². The Kier molecular flexibility index (Phi) is 6.49. The molecule has 14 heavy (non-hydrogen) atoms. The lowest BCUT2D eigenvalue weighted by atomic mass is 10.1. The van der Waals surface area contributed by atoms with Crippen molar-refractivity contribution in [1.82, 2.24) is 5.32 Å². The van der Waals surface area contributed by atoms with Crippen LogP contribution in [0.4, 0.5) is 0 Å². The molecule has 4 nitrogen and oxygen atoms in total. The molecule has 0 unspecified atom stereocenters. The van der Waals surface area contributed by atoms with E-state index < -0.39 is 0 Å². The minimum Gasteiger partial charge on any atom is -0.469 e. The monoisotopic (exact) mass is 203 g/mol. The minimum atomic E-state index is -0.156. The van der Waals surface area contributed by atoms with Crippen molar-refractivity contribution < 1.29 is 14.3 Å². The molecule has 4 heteroatoms. The van der Waals surface area contributed by atoms with Gasteiger partial charge in [0.15, 0.2) is 0 Å². The number of carbonyl (C=O) groups excluding carboxylic acids is 1. The Morgan fingerprint density at radius 3 is 2.50 bits per heavy atom. The van der Waals surface area contributed by atoms with Crippen molar-refractivity contribution in [2.75, 3.05) is 27.4 Å². The highest BCUT2D eigenvalue weighted by Gasteiger charge is 2.15. The predicted octanol–water partition coefficient (Wildman–Crippen LogP) is 0.954. The third-order valence-electron chi connectivity index (χ3n) is 1.89. The summed E-state index contributed by atoms with van der Waals surface area (Å²) in [7, 11) is 3.09. The van der Waals surface area contributed by atoms with Crippen molar-refractivity contribution in [3.05, 3.63) is 0 Å². The number of hydrogen-bond acceptors (Lipinski definition) is 4. The van der Waals surface area contributed by atoms with Gasteiger partial charge in [0.25, 0.3) is 0 Å². The van der Waals surface area contributed by atoms with Crippen LogP contribution in [0.2, 0.25) is 0 Å². The molecule has 0 aliphatic heterocycles. The largest absolute Gasteiger partial charge is 0.469 e. The van der Waals surface area contributed by atoms with Crippen molar-refractivity contribution in [2.45, 2.75) is 32.2 Å². The van der Waals surface area contributed by atoms with E-state index in [0.29, 0.717) is 13.0 Å². The van der Waals surface area contributed by atoms with E-state index in [1.807, 2.05) is 0 Å². The molecule has 0 rings (SSSR count). The first-order valence-corrected chi connectivity index (χ1v) is 4.82. The van der Waals surface area contributed by atoms with E-state index in [1.165, 1.54) is 7.11 Å². The molecule has 0 fully saturated rings. The summed E-state index contributed by atoms with van der Waals surface area (Å²) in [6, 6.07) is 0. The molecule has 0 bridgehead atoms. The van der Waals surface area contributed by atoms with Crippen LogP contribution in [-0.2, 0) is 14.3 Å². The number of nitrogens with one attached hydrogen (secondary N) is 1. The Morgan fingerprint density at radius 1 is 1.36 bits per heavy atom. The number of esters is 1. The van der Waals surface area contributed by atoms with Crippen LogP contribution in [0.1, 0.15) is 26.7 Å². The molecule has 1 N–H and O–H groups in total. The van der Waals surface area contributed by atoms with Crippen LogP contribution in [0.5, 0.6) is 0 Å². The smallest absolute Gasteiger partial charge is 0.305 e. The molecule has 0 saturated carbocycles. The van der Waals surface area contributed by atoms with Crippen LogP contribution >= 0.6 is 0 Å².